The maximum atomic E-state index is 4.42. The summed E-state index contributed by atoms with van der Waals surface area (Å²) in [6.45, 7) is 11.5. The van der Waals surface area contributed by atoms with Gasteiger partial charge in [0.2, 0.25) is 0 Å². The van der Waals surface area contributed by atoms with Gasteiger partial charge in [-0.15, -0.1) is 0 Å². The molecule has 1 aromatic heterocycles. The highest BCUT2D eigenvalue weighted by Crippen LogP contribution is 2.11. The van der Waals surface area contributed by atoms with Gasteiger partial charge in [-0.05, 0) is 45.7 Å². The largest absolute Gasteiger partial charge is 0.315 e. The monoisotopic (exact) mass is 221 g/mol. The number of nitrogens with one attached hydrogen (secondary N) is 1. The highest BCUT2D eigenvalue weighted by Gasteiger charge is 2.06. The van der Waals surface area contributed by atoms with Crippen LogP contribution in [-0.2, 0) is 6.42 Å². The molecule has 0 spiro atoms. The molecule has 0 aliphatic heterocycles. The summed E-state index contributed by atoms with van der Waals surface area (Å²) in [5.41, 5.74) is 3.58. The third-order valence-corrected chi connectivity index (χ3v) is 2.69. The average Bonchev–Trinajstić information content (AvgIpc) is 2.14. The molecule has 3 nitrogen and oxygen atoms in total. The van der Waals surface area contributed by atoms with E-state index in [9.17, 15) is 0 Å². The Morgan fingerprint density at radius 1 is 1.06 bits per heavy atom. The highest BCUT2D eigenvalue weighted by molar-refractivity contribution is 5.24. The van der Waals surface area contributed by atoms with Crippen LogP contribution in [0.4, 0.5) is 0 Å². The molecule has 0 aromatic carbocycles. The number of hydrogen-bond donors (Lipinski definition) is 1. The summed E-state index contributed by atoms with van der Waals surface area (Å²) in [4.78, 5) is 8.83. The van der Waals surface area contributed by atoms with Gasteiger partial charge >= 0.3 is 0 Å². The fraction of sp³-hybridized carbons (Fsp3) is 0.692. The highest BCUT2D eigenvalue weighted by atomic mass is 14.9. The molecule has 0 saturated carbocycles. The van der Waals surface area contributed by atoms with E-state index in [0.717, 1.165) is 36.6 Å². The Bertz CT molecular complexity index is 322. The Balaban J connectivity index is 2.54. The van der Waals surface area contributed by atoms with Crippen LogP contribution in [0.5, 0.6) is 0 Å². The van der Waals surface area contributed by atoms with Crippen molar-refractivity contribution in [3.8, 4) is 0 Å². The van der Waals surface area contributed by atoms with Crippen LogP contribution in [0.2, 0.25) is 0 Å². The first kappa shape index (κ1) is 13.1. The average molecular weight is 221 g/mol. The molecule has 0 saturated heterocycles. The SMILES string of the molecule is Cc1nc(C)c(CCCNC(C)C)c(C)n1. The van der Waals surface area contributed by atoms with E-state index in [0.29, 0.717) is 6.04 Å². The van der Waals surface area contributed by atoms with Crippen LogP contribution in [0.3, 0.4) is 0 Å². The predicted octanol–water partition coefficient (Wildman–Crippen LogP) is 2.33. The Labute approximate surface area is 98.7 Å². The Hall–Kier alpha value is -0.960. The molecule has 0 unspecified atom stereocenters. The first-order valence-corrected chi connectivity index (χ1v) is 6.04. The summed E-state index contributed by atoms with van der Waals surface area (Å²) >= 11 is 0. The molecule has 0 atom stereocenters. The minimum atomic E-state index is 0.566. The minimum Gasteiger partial charge on any atom is -0.315 e. The molecule has 0 aliphatic carbocycles. The summed E-state index contributed by atoms with van der Waals surface area (Å²) < 4.78 is 0. The molecule has 1 aromatic rings. The van der Waals surface area contributed by atoms with Crippen LogP contribution in [0.25, 0.3) is 0 Å². The number of hydrogen-bond acceptors (Lipinski definition) is 3. The van der Waals surface area contributed by atoms with Crippen molar-refractivity contribution in [2.45, 2.75) is 53.5 Å². The lowest BCUT2D eigenvalue weighted by atomic mass is 10.1. The first-order chi connectivity index (χ1) is 7.50. The van der Waals surface area contributed by atoms with Crippen molar-refractivity contribution in [1.82, 2.24) is 15.3 Å². The molecule has 1 heterocycles. The van der Waals surface area contributed by atoms with Gasteiger partial charge < -0.3 is 5.32 Å². The molecule has 0 bridgehead atoms. The zero-order valence-electron chi connectivity index (χ0n) is 11.1. The lowest BCUT2D eigenvalue weighted by Gasteiger charge is -2.11. The fourth-order valence-electron chi connectivity index (χ4n) is 1.92. The van der Waals surface area contributed by atoms with Crippen LogP contribution in [0.1, 0.15) is 43.0 Å². The van der Waals surface area contributed by atoms with E-state index >= 15 is 0 Å². The third-order valence-electron chi connectivity index (χ3n) is 2.69. The van der Waals surface area contributed by atoms with Gasteiger partial charge in [0, 0.05) is 17.4 Å². The van der Waals surface area contributed by atoms with Crippen molar-refractivity contribution >= 4 is 0 Å². The molecular formula is C13H23N3. The summed E-state index contributed by atoms with van der Waals surface area (Å²) in [6, 6.07) is 0.566. The van der Waals surface area contributed by atoms with E-state index in [1.165, 1.54) is 5.56 Å². The van der Waals surface area contributed by atoms with Crippen LogP contribution in [0, 0.1) is 20.8 Å². The lowest BCUT2D eigenvalue weighted by molar-refractivity contribution is 0.569. The summed E-state index contributed by atoms with van der Waals surface area (Å²) in [7, 11) is 0. The van der Waals surface area contributed by atoms with Crippen LogP contribution >= 0.6 is 0 Å². The van der Waals surface area contributed by atoms with E-state index in [1.807, 2.05) is 6.92 Å². The smallest absolute Gasteiger partial charge is 0.125 e. The van der Waals surface area contributed by atoms with Crippen molar-refractivity contribution < 1.29 is 0 Å². The van der Waals surface area contributed by atoms with E-state index in [-0.39, 0.29) is 0 Å². The van der Waals surface area contributed by atoms with Crippen molar-refractivity contribution in [3.05, 3.63) is 22.8 Å². The second-order valence-electron chi connectivity index (χ2n) is 4.63. The van der Waals surface area contributed by atoms with Gasteiger partial charge in [0.15, 0.2) is 0 Å². The van der Waals surface area contributed by atoms with E-state index < -0.39 is 0 Å². The van der Waals surface area contributed by atoms with Gasteiger partial charge in [0.05, 0.1) is 0 Å². The molecule has 0 aliphatic rings. The first-order valence-electron chi connectivity index (χ1n) is 6.04. The van der Waals surface area contributed by atoms with Crippen molar-refractivity contribution in [1.29, 1.82) is 0 Å². The molecular weight excluding hydrogens is 198 g/mol. The zero-order valence-corrected chi connectivity index (χ0v) is 11.1. The number of rotatable bonds is 5. The van der Waals surface area contributed by atoms with E-state index in [4.69, 9.17) is 0 Å². The zero-order chi connectivity index (χ0) is 12.1. The normalized spacial score (nSPS) is 11.1. The van der Waals surface area contributed by atoms with E-state index in [2.05, 4.69) is 43.0 Å². The molecule has 3 heteroatoms. The van der Waals surface area contributed by atoms with Crippen molar-refractivity contribution in [2.75, 3.05) is 6.54 Å². The second-order valence-corrected chi connectivity index (χ2v) is 4.63. The molecule has 16 heavy (non-hydrogen) atoms. The molecule has 1 N–H and O–H groups in total. The quantitative estimate of drug-likeness (QED) is 0.775. The fourth-order valence-corrected chi connectivity index (χ4v) is 1.92. The summed E-state index contributed by atoms with van der Waals surface area (Å²) in [5.74, 6) is 0.874. The van der Waals surface area contributed by atoms with Gasteiger partial charge in [-0.3, -0.25) is 0 Å². The Morgan fingerprint density at radius 2 is 1.62 bits per heavy atom. The van der Waals surface area contributed by atoms with Crippen molar-refractivity contribution in [2.24, 2.45) is 0 Å². The predicted molar refractivity (Wildman–Crippen MR) is 67.7 cm³/mol. The number of nitrogens with zero attached hydrogens (tertiary/aromatic N) is 2. The topological polar surface area (TPSA) is 37.8 Å². The van der Waals surface area contributed by atoms with Gasteiger partial charge in [-0.1, -0.05) is 13.8 Å². The second kappa shape index (κ2) is 5.94. The molecule has 0 fully saturated rings. The van der Waals surface area contributed by atoms with Crippen molar-refractivity contribution in [3.63, 3.8) is 0 Å². The van der Waals surface area contributed by atoms with Gasteiger partial charge in [0.25, 0.3) is 0 Å². The standard InChI is InChI=1S/C13H23N3/c1-9(2)14-8-6-7-13-10(3)15-12(5)16-11(13)4/h9,14H,6-8H2,1-5H3. The maximum absolute atomic E-state index is 4.42. The Morgan fingerprint density at radius 3 is 2.12 bits per heavy atom. The Kier molecular flexibility index (Phi) is 4.87. The van der Waals surface area contributed by atoms with Gasteiger partial charge in [-0.25, -0.2) is 9.97 Å². The maximum Gasteiger partial charge on any atom is 0.125 e. The molecule has 0 amide bonds. The minimum absolute atomic E-state index is 0.566. The van der Waals surface area contributed by atoms with Crippen LogP contribution in [-0.4, -0.2) is 22.6 Å². The molecule has 90 valence electrons. The molecule has 1 rings (SSSR count). The van der Waals surface area contributed by atoms with Crippen LogP contribution < -0.4 is 5.32 Å². The van der Waals surface area contributed by atoms with Crippen LogP contribution in [0.15, 0.2) is 0 Å². The van der Waals surface area contributed by atoms with Gasteiger partial charge in [-0.2, -0.15) is 0 Å². The van der Waals surface area contributed by atoms with Gasteiger partial charge in [0.1, 0.15) is 5.82 Å². The van der Waals surface area contributed by atoms with E-state index in [1.54, 1.807) is 0 Å². The number of aryl methyl sites for hydroxylation is 3. The molecule has 0 radical (unpaired) electrons. The lowest BCUT2D eigenvalue weighted by Crippen LogP contribution is -2.24. The number of aromatic nitrogens is 2. The summed E-state index contributed by atoms with van der Waals surface area (Å²) in [5, 5.41) is 3.43. The summed E-state index contributed by atoms with van der Waals surface area (Å²) in [6.07, 6.45) is 2.21. The third kappa shape index (κ3) is 3.89.